The number of carbonyl (C=O) groups excluding carboxylic acids is 1. The molecule has 0 aliphatic heterocycles. The Morgan fingerprint density at radius 3 is 2.42 bits per heavy atom. The van der Waals surface area contributed by atoms with Gasteiger partial charge in [-0.15, -0.1) is 0 Å². The average molecular weight is 257 g/mol. The summed E-state index contributed by atoms with van der Waals surface area (Å²) < 4.78 is 0. The molecule has 0 saturated heterocycles. The van der Waals surface area contributed by atoms with Crippen LogP contribution in [0.5, 0.6) is 0 Å². The zero-order chi connectivity index (χ0) is 13.9. The molecule has 2 rings (SSSR count). The fraction of sp³-hybridized carbons (Fsp3) is 0.471. The van der Waals surface area contributed by atoms with Crippen LogP contribution >= 0.6 is 0 Å². The predicted octanol–water partition coefficient (Wildman–Crippen LogP) is 3.74. The van der Waals surface area contributed by atoms with Crippen LogP contribution in [0.1, 0.15) is 39.2 Å². The van der Waals surface area contributed by atoms with Crippen LogP contribution in [0.3, 0.4) is 0 Å². The molecule has 1 amide bonds. The standard InChI is InChI=1S/C17H23NO/c1-17(2,3)18(16(19)15-11-12-15)13-7-10-14-8-5-4-6-9-14/h4-10,15H,11-13H2,1-3H3/b10-7-. The van der Waals surface area contributed by atoms with E-state index in [4.69, 9.17) is 0 Å². The van der Waals surface area contributed by atoms with Gasteiger partial charge in [-0.2, -0.15) is 0 Å². The van der Waals surface area contributed by atoms with Crippen molar-refractivity contribution in [3.8, 4) is 0 Å². The molecule has 0 bridgehead atoms. The van der Waals surface area contributed by atoms with Crippen LogP contribution in [0.25, 0.3) is 6.08 Å². The quantitative estimate of drug-likeness (QED) is 0.804. The van der Waals surface area contributed by atoms with Gasteiger partial charge in [0, 0.05) is 18.0 Å². The van der Waals surface area contributed by atoms with Gasteiger partial charge in [0.2, 0.25) is 5.91 Å². The molecule has 0 heterocycles. The third-order valence-corrected chi connectivity index (χ3v) is 3.40. The average Bonchev–Trinajstić information content (AvgIpc) is 3.18. The second kappa shape index (κ2) is 5.60. The van der Waals surface area contributed by atoms with Gasteiger partial charge in [-0.25, -0.2) is 0 Å². The molecule has 1 aromatic carbocycles. The summed E-state index contributed by atoms with van der Waals surface area (Å²) in [6.07, 6.45) is 6.29. The first-order valence-electron chi connectivity index (χ1n) is 7.01. The SMILES string of the molecule is CC(C)(C)N(C/C=C\c1ccccc1)C(=O)C1CC1. The van der Waals surface area contributed by atoms with Crippen LogP contribution in [0, 0.1) is 5.92 Å². The number of hydrogen-bond acceptors (Lipinski definition) is 1. The number of rotatable bonds is 4. The molecule has 1 fully saturated rings. The molecule has 2 nitrogen and oxygen atoms in total. The summed E-state index contributed by atoms with van der Waals surface area (Å²) in [5, 5.41) is 0. The maximum absolute atomic E-state index is 12.3. The van der Waals surface area contributed by atoms with E-state index in [1.165, 1.54) is 5.56 Å². The van der Waals surface area contributed by atoms with Crippen molar-refractivity contribution in [1.82, 2.24) is 4.90 Å². The van der Waals surface area contributed by atoms with Crippen molar-refractivity contribution in [3.63, 3.8) is 0 Å². The molecule has 1 saturated carbocycles. The minimum Gasteiger partial charge on any atom is -0.334 e. The first kappa shape index (κ1) is 13.9. The third-order valence-electron chi connectivity index (χ3n) is 3.40. The van der Waals surface area contributed by atoms with Gasteiger partial charge in [0.1, 0.15) is 0 Å². The first-order valence-corrected chi connectivity index (χ1v) is 7.01. The summed E-state index contributed by atoms with van der Waals surface area (Å²) in [6.45, 7) is 6.99. The maximum atomic E-state index is 12.3. The Morgan fingerprint density at radius 2 is 1.89 bits per heavy atom. The van der Waals surface area contributed by atoms with Gasteiger partial charge in [0.05, 0.1) is 0 Å². The summed E-state index contributed by atoms with van der Waals surface area (Å²) in [6, 6.07) is 10.2. The van der Waals surface area contributed by atoms with E-state index >= 15 is 0 Å². The first-order chi connectivity index (χ1) is 8.98. The molecule has 0 atom stereocenters. The van der Waals surface area contributed by atoms with Crippen molar-refractivity contribution >= 4 is 12.0 Å². The monoisotopic (exact) mass is 257 g/mol. The largest absolute Gasteiger partial charge is 0.334 e. The maximum Gasteiger partial charge on any atom is 0.226 e. The van der Waals surface area contributed by atoms with Crippen molar-refractivity contribution in [2.24, 2.45) is 5.92 Å². The molecule has 1 aliphatic rings. The highest BCUT2D eigenvalue weighted by Crippen LogP contribution is 2.33. The molecular formula is C17H23NO. The molecule has 0 spiro atoms. The van der Waals surface area contributed by atoms with Crippen molar-refractivity contribution in [1.29, 1.82) is 0 Å². The van der Waals surface area contributed by atoms with Crippen LogP contribution in [-0.4, -0.2) is 22.9 Å². The Kier molecular flexibility index (Phi) is 4.08. The van der Waals surface area contributed by atoms with Gasteiger partial charge in [-0.1, -0.05) is 42.5 Å². The van der Waals surface area contributed by atoms with E-state index in [2.05, 4.69) is 45.1 Å². The lowest BCUT2D eigenvalue weighted by atomic mass is 10.0. The van der Waals surface area contributed by atoms with Crippen molar-refractivity contribution in [2.75, 3.05) is 6.54 Å². The van der Waals surface area contributed by atoms with Crippen molar-refractivity contribution in [3.05, 3.63) is 42.0 Å². The summed E-state index contributed by atoms with van der Waals surface area (Å²) in [4.78, 5) is 14.3. The molecule has 1 aromatic rings. The fourth-order valence-electron chi connectivity index (χ4n) is 2.10. The molecule has 2 heteroatoms. The molecule has 102 valence electrons. The van der Waals surface area contributed by atoms with Crippen molar-refractivity contribution < 1.29 is 4.79 Å². The zero-order valence-electron chi connectivity index (χ0n) is 12.1. The minimum atomic E-state index is -0.110. The number of benzene rings is 1. The molecule has 0 unspecified atom stereocenters. The highest BCUT2D eigenvalue weighted by Gasteiger charge is 2.36. The van der Waals surface area contributed by atoms with E-state index in [0.29, 0.717) is 12.5 Å². The second-order valence-corrected chi connectivity index (χ2v) is 6.21. The molecule has 19 heavy (non-hydrogen) atoms. The van der Waals surface area contributed by atoms with Gasteiger partial charge >= 0.3 is 0 Å². The lowest BCUT2D eigenvalue weighted by Gasteiger charge is -2.35. The van der Waals surface area contributed by atoms with Crippen LogP contribution in [0.2, 0.25) is 0 Å². The van der Waals surface area contributed by atoms with E-state index in [1.807, 2.05) is 23.1 Å². The molecule has 0 radical (unpaired) electrons. The van der Waals surface area contributed by atoms with Gasteiger partial charge in [0.15, 0.2) is 0 Å². The second-order valence-electron chi connectivity index (χ2n) is 6.21. The number of carbonyl (C=O) groups is 1. The van der Waals surface area contributed by atoms with E-state index in [1.54, 1.807) is 0 Å². The van der Waals surface area contributed by atoms with E-state index in [-0.39, 0.29) is 11.5 Å². The van der Waals surface area contributed by atoms with Crippen molar-refractivity contribution in [2.45, 2.75) is 39.2 Å². The lowest BCUT2D eigenvalue weighted by molar-refractivity contribution is -0.136. The minimum absolute atomic E-state index is 0.110. The highest BCUT2D eigenvalue weighted by molar-refractivity contribution is 5.82. The Hall–Kier alpha value is -1.57. The lowest BCUT2D eigenvalue weighted by Crippen LogP contribution is -2.46. The van der Waals surface area contributed by atoms with Gasteiger partial charge in [-0.05, 0) is 39.2 Å². The van der Waals surface area contributed by atoms with Crippen LogP contribution < -0.4 is 0 Å². The van der Waals surface area contributed by atoms with Gasteiger partial charge in [0.25, 0.3) is 0 Å². The van der Waals surface area contributed by atoms with Gasteiger partial charge < -0.3 is 4.90 Å². The topological polar surface area (TPSA) is 20.3 Å². The summed E-state index contributed by atoms with van der Waals surface area (Å²) in [7, 11) is 0. The smallest absolute Gasteiger partial charge is 0.226 e. The fourth-order valence-corrected chi connectivity index (χ4v) is 2.10. The van der Waals surface area contributed by atoms with Crippen LogP contribution in [0.4, 0.5) is 0 Å². The van der Waals surface area contributed by atoms with E-state index < -0.39 is 0 Å². The summed E-state index contributed by atoms with van der Waals surface area (Å²) in [5.41, 5.74) is 1.07. The summed E-state index contributed by atoms with van der Waals surface area (Å²) >= 11 is 0. The Balaban J connectivity index is 2.00. The molecule has 1 aliphatic carbocycles. The normalized spacial score (nSPS) is 15.7. The Bertz CT molecular complexity index is 452. The highest BCUT2D eigenvalue weighted by atomic mass is 16.2. The summed E-state index contributed by atoms with van der Waals surface area (Å²) in [5.74, 6) is 0.592. The van der Waals surface area contributed by atoms with E-state index in [9.17, 15) is 4.79 Å². The zero-order valence-corrected chi connectivity index (χ0v) is 12.1. The predicted molar refractivity (Wildman–Crippen MR) is 79.7 cm³/mol. The van der Waals surface area contributed by atoms with Gasteiger partial charge in [-0.3, -0.25) is 4.79 Å². The van der Waals surface area contributed by atoms with E-state index in [0.717, 1.165) is 12.8 Å². The molecule has 0 aromatic heterocycles. The van der Waals surface area contributed by atoms with Crippen LogP contribution in [0.15, 0.2) is 36.4 Å². The Morgan fingerprint density at radius 1 is 1.26 bits per heavy atom. The number of amides is 1. The number of hydrogen-bond donors (Lipinski definition) is 0. The number of nitrogens with zero attached hydrogens (tertiary/aromatic N) is 1. The Labute approximate surface area is 116 Å². The van der Waals surface area contributed by atoms with Crippen LogP contribution in [-0.2, 0) is 4.79 Å². The molecule has 0 N–H and O–H groups in total. The third kappa shape index (κ3) is 3.95. The molecular weight excluding hydrogens is 234 g/mol.